The highest BCUT2D eigenvalue weighted by atomic mass is 19.1. The zero-order valence-electron chi connectivity index (χ0n) is 11.8. The molecule has 1 amide bonds. The van der Waals surface area contributed by atoms with E-state index in [1.165, 1.54) is 0 Å². The molecule has 0 bridgehead atoms. The van der Waals surface area contributed by atoms with E-state index in [0.717, 1.165) is 12.8 Å². The van der Waals surface area contributed by atoms with Crippen LogP contribution >= 0.6 is 0 Å². The normalized spacial score (nSPS) is 17.0. The van der Waals surface area contributed by atoms with Gasteiger partial charge >= 0.3 is 0 Å². The molecule has 104 valence electrons. The van der Waals surface area contributed by atoms with Crippen LogP contribution in [0.4, 0.5) is 4.39 Å². The molecule has 4 heteroatoms. The number of piperidine rings is 1. The van der Waals surface area contributed by atoms with Crippen molar-refractivity contribution >= 4 is 5.91 Å². The van der Waals surface area contributed by atoms with Gasteiger partial charge < -0.3 is 9.80 Å². The lowest BCUT2D eigenvalue weighted by Gasteiger charge is -2.35. The van der Waals surface area contributed by atoms with Crippen LogP contribution in [0.5, 0.6) is 0 Å². The molecule has 0 unspecified atom stereocenters. The molecule has 1 aliphatic heterocycles. The standard InChI is InChI=1S/C15H21FN2O/c1-11-5-4-6-13(14(11)16)15(19)18-9-7-12(8-10-18)17(2)3/h4-6,12H,7-10H2,1-3H3. The van der Waals surface area contributed by atoms with Crippen LogP contribution in [0.2, 0.25) is 0 Å². The molecule has 2 rings (SSSR count). The van der Waals surface area contributed by atoms with Gasteiger partial charge in [0.2, 0.25) is 0 Å². The highest BCUT2D eigenvalue weighted by molar-refractivity contribution is 5.94. The number of aryl methyl sites for hydroxylation is 1. The van der Waals surface area contributed by atoms with E-state index in [4.69, 9.17) is 0 Å². The molecule has 0 spiro atoms. The summed E-state index contributed by atoms with van der Waals surface area (Å²) in [5, 5.41) is 0. The van der Waals surface area contributed by atoms with Gasteiger partial charge in [-0.2, -0.15) is 0 Å². The summed E-state index contributed by atoms with van der Waals surface area (Å²) >= 11 is 0. The van der Waals surface area contributed by atoms with Crippen LogP contribution < -0.4 is 0 Å². The van der Waals surface area contributed by atoms with Gasteiger partial charge in [-0.1, -0.05) is 12.1 Å². The van der Waals surface area contributed by atoms with Crippen LogP contribution in [-0.4, -0.2) is 48.9 Å². The van der Waals surface area contributed by atoms with Crippen molar-refractivity contribution in [2.75, 3.05) is 27.2 Å². The molecule has 0 saturated carbocycles. The van der Waals surface area contributed by atoms with E-state index in [9.17, 15) is 9.18 Å². The molecule has 1 saturated heterocycles. The second-order valence-electron chi connectivity index (χ2n) is 5.42. The Bertz CT molecular complexity index is 465. The number of carbonyl (C=O) groups excluding carboxylic acids is 1. The minimum Gasteiger partial charge on any atom is -0.338 e. The molecular formula is C15H21FN2O. The number of hydrogen-bond acceptors (Lipinski definition) is 2. The summed E-state index contributed by atoms with van der Waals surface area (Å²) in [4.78, 5) is 16.3. The van der Waals surface area contributed by atoms with Gasteiger partial charge in [0.25, 0.3) is 5.91 Å². The van der Waals surface area contributed by atoms with E-state index in [1.54, 1.807) is 30.0 Å². The Morgan fingerprint density at radius 2 is 1.95 bits per heavy atom. The fraction of sp³-hybridized carbons (Fsp3) is 0.533. The van der Waals surface area contributed by atoms with Gasteiger partial charge in [-0.3, -0.25) is 4.79 Å². The van der Waals surface area contributed by atoms with Gasteiger partial charge in [0.15, 0.2) is 0 Å². The fourth-order valence-corrected chi connectivity index (χ4v) is 2.57. The summed E-state index contributed by atoms with van der Waals surface area (Å²) in [5.74, 6) is -0.569. The molecule has 1 aromatic carbocycles. The molecule has 0 aliphatic carbocycles. The van der Waals surface area contributed by atoms with Crippen molar-refractivity contribution in [3.8, 4) is 0 Å². The molecule has 1 fully saturated rings. The van der Waals surface area contributed by atoms with Crippen LogP contribution in [0.3, 0.4) is 0 Å². The molecule has 1 aliphatic rings. The summed E-state index contributed by atoms with van der Waals surface area (Å²) in [7, 11) is 4.12. The zero-order valence-corrected chi connectivity index (χ0v) is 11.8. The van der Waals surface area contributed by atoms with Gasteiger partial charge in [-0.05, 0) is 45.5 Å². The first-order chi connectivity index (χ1) is 9.00. The first-order valence-corrected chi connectivity index (χ1v) is 6.71. The number of nitrogens with zero attached hydrogens (tertiary/aromatic N) is 2. The van der Waals surface area contributed by atoms with Crippen LogP contribution in [0.15, 0.2) is 18.2 Å². The smallest absolute Gasteiger partial charge is 0.256 e. The average Bonchev–Trinajstić information content (AvgIpc) is 2.41. The highest BCUT2D eigenvalue weighted by Gasteiger charge is 2.26. The predicted octanol–water partition coefficient (Wildman–Crippen LogP) is 2.30. The Balaban J connectivity index is 2.07. The second kappa shape index (κ2) is 5.70. The molecule has 0 aromatic heterocycles. The number of benzene rings is 1. The highest BCUT2D eigenvalue weighted by Crippen LogP contribution is 2.19. The Morgan fingerprint density at radius 1 is 1.32 bits per heavy atom. The maximum atomic E-state index is 14.0. The van der Waals surface area contributed by atoms with Crippen LogP contribution in [0.1, 0.15) is 28.8 Å². The van der Waals surface area contributed by atoms with Gasteiger partial charge in [0.1, 0.15) is 5.82 Å². The first kappa shape index (κ1) is 14.0. The molecule has 1 aromatic rings. The van der Waals surface area contributed by atoms with Crippen molar-refractivity contribution in [1.29, 1.82) is 0 Å². The summed E-state index contributed by atoms with van der Waals surface area (Å²) in [5.41, 5.74) is 0.720. The number of hydrogen-bond donors (Lipinski definition) is 0. The molecule has 1 heterocycles. The topological polar surface area (TPSA) is 23.6 Å². The number of halogens is 1. The number of carbonyl (C=O) groups is 1. The molecule has 19 heavy (non-hydrogen) atoms. The van der Waals surface area contributed by atoms with E-state index in [0.29, 0.717) is 24.7 Å². The third-order valence-electron chi connectivity index (χ3n) is 3.90. The first-order valence-electron chi connectivity index (χ1n) is 6.71. The van der Waals surface area contributed by atoms with Gasteiger partial charge in [-0.15, -0.1) is 0 Å². The Kier molecular flexibility index (Phi) is 4.20. The van der Waals surface area contributed by atoms with Crippen LogP contribution in [0, 0.1) is 12.7 Å². The summed E-state index contributed by atoms with van der Waals surface area (Å²) in [6.07, 6.45) is 1.90. The van der Waals surface area contributed by atoms with Gasteiger partial charge in [-0.25, -0.2) is 4.39 Å². The monoisotopic (exact) mass is 264 g/mol. The Morgan fingerprint density at radius 3 is 2.53 bits per heavy atom. The second-order valence-corrected chi connectivity index (χ2v) is 5.42. The van der Waals surface area contributed by atoms with E-state index in [1.807, 2.05) is 0 Å². The van der Waals surface area contributed by atoms with Gasteiger partial charge in [0.05, 0.1) is 5.56 Å². The van der Waals surface area contributed by atoms with Crippen LogP contribution in [0.25, 0.3) is 0 Å². The lowest BCUT2D eigenvalue weighted by Crippen LogP contribution is -2.44. The van der Waals surface area contributed by atoms with Crippen molar-refractivity contribution in [3.63, 3.8) is 0 Å². The SMILES string of the molecule is Cc1cccc(C(=O)N2CCC(N(C)C)CC2)c1F. The number of rotatable bonds is 2. The maximum absolute atomic E-state index is 14.0. The Hall–Kier alpha value is -1.42. The molecule has 3 nitrogen and oxygen atoms in total. The quantitative estimate of drug-likeness (QED) is 0.818. The average molecular weight is 264 g/mol. The molecule has 0 N–H and O–H groups in total. The van der Waals surface area contributed by atoms with Gasteiger partial charge in [0, 0.05) is 19.1 Å². The Labute approximate surface area is 114 Å². The lowest BCUT2D eigenvalue weighted by molar-refractivity contribution is 0.0658. The lowest BCUT2D eigenvalue weighted by atomic mass is 10.0. The minimum absolute atomic E-state index is 0.182. The number of amides is 1. The summed E-state index contributed by atoms with van der Waals surface area (Å²) in [6, 6.07) is 5.51. The summed E-state index contributed by atoms with van der Waals surface area (Å²) in [6.45, 7) is 3.09. The minimum atomic E-state index is -0.387. The van der Waals surface area contributed by atoms with E-state index in [2.05, 4.69) is 19.0 Å². The predicted molar refractivity (Wildman–Crippen MR) is 73.7 cm³/mol. The third kappa shape index (κ3) is 2.95. The maximum Gasteiger partial charge on any atom is 0.256 e. The van der Waals surface area contributed by atoms with Crippen molar-refractivity contribution < 1.29 is 9.18 Å². The third-order valence-corrected chi connectivity index (χ3v) is 3.90. The van der Waals surface area contributed by atoms with Crippen molar-refractivity contribution in [2.24, 2.45) is 0 Å². The van der Waals surface area contributed by atoms with Crippen molar-refractivity contribution in [2.45, 2.75) is 25.8 Å². The largest absolute Gasteiger partial charge is 0.338 e. The zero-order chi connectivity index (χ0) is 14.0. The molecule has 0 radical (unpaired) electrons. The molecular weight excluding hydrogens is 243 g/mol. The van der Waals surface area contributed by atoms with Crippen molar-refractivity contribution in [3.05, 3.63) is 35.1 Å². The van der Waals surface area contributed by atoms with E-state index >= 15 is 0 Å². The number of likely N-dealkylation sites (tertiary alicyclic amines) is 1. The van der Waals surface area contributed by atoms with Crippen LogP contribution in [-0.2, 0) is 0 Å². The summed E-state index contributed by atoms with van der Waals surface area (Å²) < 4.78 is 14.0. The molecule has 0 atom stereocenters. The van der Waals surface area contributed by atoms with Crippen molar-refractivity contribution in [1.82, 2.24) is 9.80 Å². The van der Waals surface area contributed by atoms with E-state index in [-0.39, 0.29) is 17.3 Å². The van der Waals surface area contributed by atoms with E-state index < -0.39 is 0 Å². The fourth-order valence-electron chi connectivity index (χ4n) is 2.57.